The molecule has 0 unspecified atom stereocenters. The van der Waals surface area contributed by atoms with Crippen molar-refractivity contribution < 1.29 is 9.53 Å². The Morgan fingerprint density at radius 1 is 1.25 bits per heavy atom. The van der Waals surface area contributed by atoms with E-state index in [1.165, 1.54) is 13.3 Å². The fraction of sp³-hybridized carbons (Fsp3) is 0.167. The molecule has 0 aliphatic heterocycles. The lowest BCUT2D eigenvalue weighted by Crippen LogP contribution is -2.21. The molecule has 0 atom stereocenters. The van der Waals surface area contributed by atoms with Gasteiger partial charge in [-0.1, -0.05) is 29.8 Å². The lowest BCUT2D eigenvalue weighted by atomic mass is 10.1. The summed E-state index contributed by atoms with van der Waals surface area (Å²) in [5, 5.41) is 0.979. The summed E-state index contributed by atoms with van der Waals surface area (Å²) in [6, 6.07) is 10.8. The lowest BCUT2D eigenvalue weighted by molar-refractivity contribution is 0.0598. The van der Waals surface area contributed by atoms with Gasteiger partial charge < -0.3 is 9.30 Å². The maximum Gasteiger partial charge on any atom is 0.343 e. The molecule has 0 amide bonds. The Hall–Kier alpha value is -2.66. The van der Waals surface area contributed by atoms with Crippen molar-refractivity contribution in [3.63, 3.8) is 0 Å². The number of fused-ring (bicyclic) bond motifs is 1. The zero-order valence-corrected chi connectivity index (χ0v) is 14.0. The molecule has 0 aliphatic carbocycles. The maximum atomic E-state index is 12.5. The van der Waals surface area contributed by atoms with E-state index < -0.39 is 5.97 Å². The largest absolute Gasteiger partial charge is 0.465 e. The average Bonchev–Trinajstić information content (AvgIpc) is 2.58. The summed E-state index contributed by atoms with van der Waals surface area (Å²) in [5.41, 5.74) is 1.74. The minimum absolute atomic E-state index is 0.0253. The summed E-state index contributed by atoms with van der Waals surface area (Å²) in [7, 11) is 1.25. The number of hydrogen-bond donors (Lipinski definition) is 0. The van der Waals surface area contributed by atoms with Crippen LogP contribution in [0, 0.1) is 6.92 Å². The van der Waals surface area contributed by atoms with E-state index >= 15 is 0 Å². The van der Waals surface area contributed by atoms with Gasteiger partial charge in [-0.25, -0.2) is 9.78 Å². The molecule has 0 spiro atoms. The summed E-state index contributed by atoms with van der Waals surface area (Å²) in [6.07, 6.45) is 1.48. The second-order valence-electron chi connectivity index (χ2n) is 5.41. The summed E-state index contributed by atoms with van der Waals surface area (Å²) < 4.78 is 6.47. The Morgan fingerprint density at radius 2 is 2.00 bits per heavy atom. The minimum atomic E-state index is -0.671. The molecule has 0 saturated heterocycles. The number of carbonyl (C=O) groups is 1. The molecule has 0 radical (unpaired) electrons. The second kappa shape index (κ2) is 6.45. The van der Waals surface area contributed by atoms with Crippen molar-refractivity contribution in [2.24, 2.45) is 0 Å². The van der Waals surface area contributed by atoms with Gasteiger partial charge in [-0.3, -0.25) is 4.79 Å². The Balaban J connectivity index is 2.27. The van der Waals surface area contributed by atoms with Crippen LogP contribution in [0.2, 0.25) is 5.02 Å². The number of methoxy groups -OCH3 is 1. The first-order chi connectivity index (χ1) is 11.5. The SMILES string of the molecule is COC(=O)c1cn(Cc2ccccc2Cl)c2nc(C)ccc2c1=O. The zero-order valence-electron chi connectivity index (χ0n) is 13.2. The molecule has 0 fully saturated rings. The number of aromatic nitrogens is 2. The van der Waals surface area contributed by atoms with Gasteiger partial charge in [0.05, 0.1) is 19.0 Å². The van der Waals surface area contributed by atoms with E-state index in [0.717, 1.165) is 11.3 Å². The lowest BCUT2D eigenvalue weighted by Gasteiger charge is -2.13. The summed E-state index contributed by atoms with van der Waals surface area (Å²) in [4.78, 5) is 28.9. The summed E-state index contributed by atoms with van der Waals surface area (Å²) >= 11 is 6.23. The number of hydrogen-bond acceptors (Lipinski definition) is 4. The third-order valence-electron chi connectivity index (χ3n) is 3.76. The van der Waals surface area contributed by atoms with Crippen molar-refractivity contribution >= 4 is 28.6 Å². The fourth-order valence-corrected chi connectivity index (χ4v) is 2.74. The highest BCUT2D eigenvalue weighted by molar-refractivity contribution is 6.31. The van der Waals surface area contributed by atoms with E-state index in [4.69, 9.17) is 16.3 Å². The molecule has 0 saturated carbocycles. The number of aryl methyl sites for hydroxylation is 1. The molecule has 6 heteroatoms. The quantitative estimate of drug-likeness (QED) is 0.686. The molecule has 0 bridgehead atoms. The summed E-state index contributed by atoms with van der Waals surface area (Å²) in [5.74, 6) is -0.671. The van der Waals surface area contributed by atoms with Crippen molar-refractivity contribution in [2.45, 2.75) is 13.5 Å². The molecule has 3 rings (SSSR count). The van der Waals surface area contributed by atoms with Crippen LogP contribution in [0.1, 0.15) is 21.6 Å². The van der Waals surface area contributed by atoms with E-state index in [-0.39, 0.29) is 11.0 Å². The van der Waals surface area contributed by atoms with Gasteiger partial charge in [0.1, 0.15) is 11.2 Å². The average molecular weight is 343 g/mol. The highest BCUT2D eigenvalue weighted by Gasteiger charge is 2.17. The molecular formula is C18H15ClN2O3. The van der Waals surface area contributed by atoms with Gasteiger partial charge in [0.25, 0.3) is 0 Å². The molecule has 2 heterocycles. The molecule has 3 aromatic rings. The highest BCUT2D eigenvalue weighted by Crippen LogP contribution is 2.19. The van der Waals surface area contributed by atoms with Crippen LogP contribution < -0.4 is 5.43 Å². The molecule has 122 valence electrons. The van der Waals surface area contributed by atoms with E-state index in [0.29, 0.717) is 22.6 Å². The minimum Gasteiger partial charge on any atom is -0.465 e. The molecule has 2 aromatic heterocycles. The number of ether oxygens (including phenoxy) is 1. The monoisotopic (exact) mass is 342 g/mol. The van der Waals surface area contributed by atoms with Crippen LogP contribution in [0.25, 0.3) is 11.0 Å². The first-order valence-electron chi connectivity index (χ1n) is 7.34. The molecule has 24 heavy (non-hydrogen) atoms. The van der Waals surface area contributed by atoms with Gasteiger partial charge in [0, 0.05) is 16.9 Å². The Labute approximate surface area is 143 Å². The third kappa shape index (κ3) is 2.90. The number of benzene rings is 1. The number of carbonyl (C=O) groups excluding carboxylic acids is 1. The third-order valence-corrected chi connectivity index (χ3v) is 4.13. The topological polar surface area (TPSA) is 61.2 Å². The standard InChI is InChI=1S/C18H15ClN2O3/c1-11-7-8-13-16(22)14(18(23)24-2)10-21(17(13)20-11)9-12-5-3-4-6-15(12)19/h3-8,10H,9H2,1-2H3. The van der Waals surface area contributed by atoms with E-state index in [9.17, 15) is 9.59 Å². The van der Waals surface area contributed by atoms with Gasteiger partial charge in [0.15, 0.2) is 0 Å². The van der Waals surface area contributed by atoms with Gasteiger partial charge in [0.2, 0.25) is 5.43 Å². The van der Waals surface area contributed by atoms with Crippen LogP contribution in [-0.2, 0) is 11.3 Å². The molecule has 0 aliphatic rings. The maximum absolute atomic E-state index is 12.5. The fourth-order valence-electron chi connectivity index (χ4n) is 2.55. The number of nitrogens with zero attached hydrogens (tertiary/aromatic N) is 2. The zero-order chi connectivity index (χ0) is 17.3. The van der Waals surface area contributed by atoms with Crippen LogP contribution >= 0.6 is 11.6 Å². The normalized spacial score (nSPS) is 10.8. The van der Waals surface area contributed by atoms with E-state index in [1.54, 1.807) is 22.8 Å². The number of rotatable bonds is 3. The molecule has 0 N–H and O–H groups in total. The van der Waals surface area contributed by atoms with Crippen LogP contribution in [0.3, 0.4) is 0 Å². The first-order valence-corrected chi connectivity index (χ1v) is 7.71. The highest BCUT2D eigenvalue weighted by atomic mass is 35.5. The van der Waals surface area contributed by atoms with E-state index in [1.807, 2.05) is 25.1 Å². The second-order valence-corrected chi connectivity index (χ2v) is 5.81. The number of esters is 1. The van der Waals surface area contributed by atoms with Crippen LogP contribution in [0.5, 0.6) is 0 Å². The predicted molar refractivity (Wildman–Crippen MR) is 92.6 cm³/mol. The van der Waals surface area contributed by atoms with Gasteiger partial charge in [-0.15, -0.1) is 0 Å². The van der Waals surface area contributed by atoms with Gasteiger partial charge in [-0.05, 0) is 30.7 Å². The van der Waals surface area contributed by atoms with Crippen LogP contribution in [0.15, 0.2) is 47.4 Å². The van der Waals surface area contributed by atoms with Crippen molar-refractivity contribution in [1.29, 1.82) is 0 Å². The van der Waals surface area contributed by atoms with E-state index in [2.05, 4.69) is 4.98 Å². The number of halogens is 1. The predicted octanol–water partition coefficient (Wildman–Crippen LogP) is 3.19. The van der Waals surface area contributed by atoms with Crippen LogP contribution in [-0.4, -0.2) is 22.6 Å². The first kappa shape index (κ1) is 16.2. The number of pyridine rings is 2. The molecular weight excluding hydrogens is 328 g/mol. The van der Waals surface area contributed by atoms with Crippen molar-refractivity contribution in [3.8, 4) is 0 Å². The summed E-state index contributed by atoms with van der Waals surface area (Å²) in [6.45, 7) is 2.23. The van der Waals surface area contributed by atoms with Crippen molar-refractivity contribution in [1.82, 2.24) is 9.55 Å². The Morgan fingerprint density at radius 3 is 2.71 bits per heavy atom. The van der Waals surface area contributed by atoms with Gasteiger partial charge >= 0.3 is 5.97 Å². The van der Waals surface area contributed by atoms with Crippen LogP contribution in [0.4, 0.5) is 0 Å². The Bertz CT molecular complexity index is 995. The van der Waals surface area contributed by atoms with Gasteiger partial charge in [-0.2, -0.15) is 0 Å². The molecule has 1 aromatic carbocycles. The molecule has 5 nitrogen and oxygen atoms in total. The van der Waals surface area contributed by atoms with Crippen molar-refractivity contribution in [2.75, 3.05) is 7.11 Å². The Kier molecular flexibility index (Phi) is 4.36. The smallest absolute Gasteiger partial charge is 0.343 e. The van der Waals surface area contributed by atoms with Crippen molar-refractivity contribution in [3.05, 3.63) is 74.7 Å².